The van der Waals surface area contributed by atoms with Crippen molar-refractivity contribution >= 4 is 34.1 Å². The van der Waals surface area contributed by atoms with Crippen LogP contribution in [-0.2, 0) is 29.0 Å². The van der Waals surface area contributed by atoms with E-state index in [1.807, 2.05) is 0 Å². The molecule has 26 heavy (non-hydrogen) atoms. The Labute approximate surface area is 154 Å². The molecule has 0 aromatic carbocycles. The van der Waals surface area contributed by atoms with E-state index >= 15 is 0 Å². The average molecular weight is 376 g/mol. The van der Waals surface area contributed by atoms with Crippen LogP contribution in [0.1, 0.15) is 52.2 Å². The number of aliphatic carboxylic acids is 1. The van der Waals surface area contributed by atoms with E-state index < -0.39 is 11.9 Å². The quantitative estimate of drug-likeness (QED) is 0.688. The van der Waals surface area contributed by atoms with Gasteiger partial charge in [-0.3, -0.25) is 14.4 Å². The van der Waals surface area contributed by atoms with Gasteiger partial charge in [-0.15, -0.1) is 11.3 Å². The molecule has 0 atom stereocenters. The third-order valence-electron chi connectivity index (χ3n) is 4.22. The smallest absolute Gasteiger partial charge is 0.303 e. The predicted molar refractivity (Wildman–Crippen MR) is 96.3 cm³/mol. The van der Waals surface area contributed by atoms with Gasteiger partial charge in [0.15, 0.2) is 0 Å². The molecule has 0 aliphatic heterocycles. The highest BCUT2D eigenvalue weighted by Gasteiger charge is 2.26. The third kappa shape index (κ3) is 4.32. The van der Waals surface area contributed by atoms with Gasteiger partial charge in [0.2, 0.25) is 5.91 Å². The van der Waals surface area contributed by atoms with Gasteiger partial charge in [0.05, 0.1) is 24.8 Å². The van der Waals surface area contributed by atoms with Crippen LogP contribution in [-0.4, -0.2) is 22.9 Å². The Morgan fingerprint density at radius 1 is 1.19 bits per heavy atom. The topological polar surface area (TPSA) is 109 Å². The van der Waals surface area contributed by atoms with E-state index in [-0.39, 0.29) is 25.3 Å². The predicted octanol–water partition coefficient (Wildman–Crippen LogP) is 2.95. The molecule has 0 spiro atoms. The largest absolute Gasteiger partial charge is 0.481 e. The Morgan fingerprint density at radius 2 is 2.00 bits per heavy atom. The van der Waals surface area contributed by atoms with E-state index in [1.54, 1.807) is 18.4 Å². The maximum atomic E-state index is 12.7. The van der Waals surface area contributed by atoms with Gasteiger partial charge in [-0.05, 0) is 43.4 Å². The number of thiophene rings is 1. The number of fused-ring (bicyclic) bond motifs is 1. The molecule has 0 unspecified atom stereocenters. The van der Waals surface area contributed by atoms with Crippen molar-refractivity contribution in [1.82, 2.24) is 5.32 Å². The van der Waals surface area contributed by atoms with E-state index in [0.29, 0.717) is 16.3 Å². The lowest BCUT2D eigenvalue weighted by Crippen LogP contribution is -2.25. The van der Waals surface area contributed by atoms with Crippen molar-refractivity contribution in [3.63, 3.8) is 0 Å². The molecular formula is C18H20N2O5S. The van der Waals surface area contributed by atoms with Crippen molar-refractivity contribution in [2.24, 2.45) is 0 Å². The zero-order valence-corrected chi connectivity index (χ0v) is 15.0. The van der Waals surface area contributed by atoms with Crippen LogP contribution in [0.25, 0.3) is 0 Å². The number of aryl methyl sites for hydroxylation is 1. The molecule has 0 bridgehead atoms. The molecule has 2 aromatic rings. The van der Waals surface area contributed by atoms with Gasteiger partial charge in [0.1, 0.15) is 10.8 Å². The van der Waals surface area contributed by atoms with E-state index in [9.17, 15) is 14.4 Å². The molecule has 0 saturated carbocycles. The van der Waals surface area contributed by atoms with Crippen molar-refractivity contribution in [3.05, 3.63) is 40.2 Å². The minimum absolute atomic E-state index is 0.120. The van der Waals surface area contributed by atoms with Gasteiger partial charge in [0, 0.05) is 11.3 Å². The molecule has 7 nitrogen and oxygen atoms in total. The monoisotopic (exact) mass is 376 g/mol. The highest BCUT2D eigenvalue weighted by Crippen LogP contribution is 2.38. The molecule has 1 aliphatic carbocycles. The molecule has 3 N–H and O–H groups in total. The van der Waals surface area contributed by atoms with Gasteiger partial charge in [-0.1, -0.05) is 0 Å². The molecule has 3 rings (SSSR count). The number of nitrogens with one attached hydrogen (secondary N) is 2. The third-order valence-corrected chi connectivity index (χ3v) is 5.43. The van der Waals surface area contributed by atoms with Gasteiger partial charge in [-0.25, -0.2) is 0 Å². The normalized spacial score (nSPS) is 13.1. The van der Waals surface area contributed by atoms with Crippen molar-refractivity contribution in [2.75, 3.05) is 5.32 Å². The maximum Gasteiger partial charge on any atom is 0.303 e. The summed E-state index contributed by atoms with van der Waals surface area (Å²) < 4.78 is 5.23. The molecule has 2 aromatic heterocycles. The number of rotatable bonds is 7. The summed E-state index contributed by atoms with van der Waals surface area (Å²) in [4.78, 5) is 36.5. The first-order chi connectivity index (χ1) is 12.5. The van der Waals surface area contributed by atoms with Crippen LogP contribution in [0, 0.1) is 0 Å². The zero-order chi connectivity index (χ0) is 18.5. The lowest BCUT2D eigenvalue weighted by Gasteiger charge is -2.13. The van der Waals surface area contributed by atoms with Gasteiger partial charge in [-0.2, -0.15) is 0 Å². The van der Waals surface area contributed by atoms with Crippen molar-refractivity contribution in [3.8, 4) is 0 Å². The van der Waals surface area contributed by atoms with Gasteiger partial charge < -0.3 is 20.2 Å². The number of carboxylic acids is 1. The van der Waals surface area contributed by atoms with Crippen LogP contribution >= 0.6 is 11.3 Å². The fourth-order valence-corrected chi connectivity index (χ4v) is 4.28. The fraction of sp³-hybridized carbons (Fsp3) is 0.389. The number of carboxylic acid groups (broad SMARTS) is 1. The minimum atomic E-state index is -1.03. The van der Waals surface area contributed by atoms with E-state index in [4.69, 9.17) is 9.52 Å². The second-order valence-corrected chi connectivity index (χ2v) is 7.22. The van der Waals surface area contributed by atoms with Crippen LogP contribution in [0.2, 0.25) is 0 Å². The summed E-state index contributed by atoms with van der Waals surface area (Å²) in [5.74, 6) is -1.03. The zero-order valence-electron chi connectivity index (χ0n) is 14.2. The lowest BCUT2D eigenvalue weighted by molar-refractivity contribution is -0.138. The van der Waals surface area contributed by atoms with Gasteiger partial charge in [0.25, 0.3) is 5.91 Å². The van der Waals surface area contributed by atoms with Crippen molar-refractivity contribution < 1.29 is 23.9 Å². The summed E-state index contributed by atoms with van der Waals surface area (Å²) in [6.07, 6.45) is 4.95. The Balaban J connectivity index is 1.77. The summed E-state index contributed by atoms with van der Waals surface area (Å²) in [5.41, 5.74) is 1.49. The maximum absolute atomic E-state index is 12.7. The number of amides is 2. The highest BCUT2D eigenvalue weighted by atomic mass is 32.1. The molecule has 2 heterocycles. The Bertz CT molecular complexity index is 810. The van der Waals surface area contributed by atoms with Crippen LogP contribution in [0.3, 0.4) is 0 Å². The Morgan fingerprint density at radius 3 is 2.73 bits per heavy atom. The molecule has 8 heteroatoms. The number of anilines is 1. The SMILES string of the molecule is O=C(O)CCC(=O)Nc1sc2c(c1C(=O)NCc1ccco1)CCCC2. The molecule has 2 amide bonds. The second kappa shape index (κ2) is 8.18. The van der Waals surface area contributed by atoms with Crippen LogP contribution in [0.4, 0.5) is 5.00 Å². The Hall–Kier alpha value is -2.61. The van der Waals surface area contributed by atoms with Crippen molar-refractivity contribution in [1.29, 1.82) is 0 Å². The first-order valence-electron chi connectivity index (χ1n) is 8.51. The fourth-order valence-electron chi connectivity index (χ4n) is 2.97. The van der Waals surface area contributed by atoms with Crippen LogP contribution in [0.5, 0.6) is 0 Å². The van der Waals surface area contributed by atoms with E-state index in [0.717, 1.165) is 36.1 Å². The van der Waals surface area contributed by atoms with Gasteiger partial charge >= 0.3 is 5.97 Å². The first-order valence-corrected chi connectivity index (χ1v) is 9.33. The highest BCUT2D eigenvalue weighted by molar-refractivity contribution is 7.17. The van der Waals surface area contributed by atoms with E-state index in [2.05, 4.69) is 10.6 Å². The lowest BCUT2D eigenvalue weighted by atomic mass is 9.95. The molecule has 1 aliphatic rings. The molecule has 0 fully saturated rings. The summed E-state index contributed by atoms with van der Waals surface area (Å²) in [6.45, 7) is 0.267. The second-order valence-electron chi connectivity index (χ2n) is 6.12. The first kappa shape index (κ1) is 18.2. The summed E-state index contributed by atoms with van der Waals surface area (Å²) in [6, 6.07) is 3.53. The summed E-state index contributed by atoms with van der Waals surface area (Å²) in [5, 5.41) is 14.8. The Kier molecular flexibility index (Phi) is 5.72. The minimum Gasteiger partial charge on any atom is -0.481 e. The standard InChI is InChI=1S/C18H20N2O5S/c21-14(7-8-15(22)23)20-18-16(12-5-1-2-6-13(12)26-18)17(24)19-10-11-4-3-9-25-11/h3-4,9H,1-2,5-8,10H2,(H,19,24)(H,20,21)(H,22,23). The molecule has 0 radical (unpaired) electrons. The van der Waals surface area contributed by atoms with Crippen molar-refractivity contribution in [2.45, 2.75) is 45.1 Å². The number of carbonyl (C=O) groups is 3. The molecular weight excluding hydrogens is 356 g/mol. The molecule has 0 saturated heterocycles. The van der Waals surface area contributed by atoms with Crippen LogP contribution in [0.15, 0.2) is 22.8 Å². The number of furan rings is 1. The number of carbonyl (C=O) groups excluding carboxylic acids is 2. The summed E-state index contributed by atoms with van der Waals surface area (Å²) >= 11 is 1.41. The summed E-state index contributed by atoms with van der Waals surface area (Å²) in [7, 11) is 0. The number of hydrogen-bond acceptors (Lipinski definition) is 5. The average Bonchev–Trinajstić information content (AvgIpc) is 3.25. The van der Waals surface area contributed by atoms with E-state index in [1.165, 1.54) is 11.3 Å². The van der Waals surface area contributed by atoms with Crippen LogP contribution < -0.4 is 10.6 Å². The number of hydrogen-bond donors (Lipinski definition) is 3. The molecule has 138 valence electrons.